The maximum Gasteiger partial charge on any atom is 0.259 e. The Balaban J connectivity index is 1.31. The van der Waals surface area contributed by atoms with Crippen LogP contribution < -0.4 is 19.5 Å². The summed E-state index contributed by atoms with van der Waals surface area (Å²) in [6, 6.07) is 4.56. The lowest BCUT2D eigenvalue weighted by atomic mass is 10.1. The van der Waals surface area contributed by atoms with Crippen LogP contribution in [-0.2, 0) is 24.4 Å². The maximum absolute atomic E-state index is 14.2. The first kappa shape index (κ1) is 36.2. The van der Waals surface area contributed by atoms with Crippen molar-refractivity contribution in [2.24, 2.45) is 5.92 Å². The zero-order valence-electron chi connectivity index (χ0n) is 28.3. The Hall–Kier alpha value is -3.56. The van der Waals surface area contributed by atoms with Gasteiger partial charge in [-0.1, -0.05) is 31.9 Å². The highest BCUT2D eigenvalue weighted by atomic mass is 79.9. The van der Waals surface area contributed by atoms with Crippen LogP contribution in [0.2, 0.25) is 0 Å². The number of amides is 3. The van der Waals surface area contributed by atoms with Crippen LogP contribution in [0.15, 0.2) is 46.4 Å². The van der Waals surface area contributed by atoms with Crippen molar-refractivity contribution in [2.45, 2.75) is 94.6 Å². The number of hydrogen-bond acceptors (Lipinski definition) is 10. The molecule has 2 aromatic heterocycles. The van der Waals surface area contributed by atoms with E-state index in [0.717, 1.165) is 25.7 Å². The summed E-state index contributed by atoms with van der Waals surface area (Å²) in [6.45, 7) is 3.43. The molecular weight excluding hydrogens is 746 g/mol. The molecule has 1 aliphatic carbocycles. The fourth-order valence-corrected chi connectivity index (χ4v) is 8.91. The first-order valence-electron chi connectivity index (χ1n) is 17.1. The second-order valence-corrected chi connectivity index (χ2v) is 17.0. The highest BCUT2D eigenvalue weighted by Crippen LogP contribution is 2.46. The van der Waals surface area contributed by atoms with Crippen molar-refractivity contribution >= 4 is 65.9 Å². The second-order valence-electron chi connectivity index (χ2n) is 13.2. The first-order valence-corrected chi connectivity index (χ1v) is 20.3. The molecule has 3 amide bonds. The van der Waals surface area contributed by atoms with E-state index in [2.05, 4.69) is 31.0 Å². The number of halogens is 1. The molecule has 5 atom stereocenters. The molecule has 1 unspecified atom stereocenters. The minimum absolute atomic E-state index is 0.162. The van der Waals surface area contributed by atoms with Crippen molar-refractivity contribution in [3.05, 3.63) is 46.4 Å². The number of ether oxygens (including phenoxy) is 2. The van der Waals surface area contributed by atoms with Crippen molar-refractivity contribution in [1.82, 2.24) is 24.9 Å². The van der Waals surface area contributed by atoms with Gasteiger partial charge in [-0.2, -0.15) is 0 Å². The van der Waals surface area contributed by atoms with Gasteiger partial charge in [0.05, 0.1) is 28.9 Å². The third-order valence-corrected chi connectivity index (χ3v) is 13.3. The summed E-state index contributed by atoms with van der Waals surface area (Å²) in [6.07, 6.45) is 10.3. The number of hydrogen-bond donors (Lipinski definition) is 2. The molecule has 2 N–H and O–H groups in total. The molecule has 50 heavy (non-hydrogen) atoms. The SMILES string of the molecule is CCC(C)S(=O)(=O)NC(=O)[C@@]12C[C@@H]1/C=C\CCCCCCC(=O)N1C[C@H](Oc3cc(-c4nccs4)nc4c(Br)c(OC)ccc34)C[C@H]1C(=O)N2. The number of methoxy groups -OCH3 is 1. The Kier molecular flexibility index (Phi) is 10.8. The minimum Gasteiger partial charge on any atom is -0.495 e. The topological polar surface area (TPSA) is 157 Å². The monoisotopic (exact) mass is 787 g/mol. The number of nitrogens with one attached hydrogen (secondary N) is 2. The van der Waals surface area contributed by atoms with Gasteiger partial charge in [0, 0.05) is 41.8 Å². The van der Waals surface area contributed by atoms with E-state index in [1.807, 2.05) is 35.7 Å². The number of benzene rings is 1. The van der Waals surface area contributed by atoms with E-state index in [0.29, 0.717) is 50.4 Å². The molecule has 0 bridgehead atoms. The van der Waals surface area contributed by atoms with Gasteiger partial charge >= 0.3 is 0 Å². The zero-order valence-corrected chi connectivity index (χ0v) is 31.5. The maximum atomic E-state index is 14.2. The Morgan fingerprint density at radius 3 is 2.76 bits per heavy atom. The van der Waals surface area contributed by atoms with Gasteiger partial charge in [-0.05, 0) is 67.1 Å². The normalized spacial score (nSPS) is 25.8. The second kappa shape index (κ2) is 15.0. The van der Waals surface area contributed by atoms with Crippen LogP contribution in [0.3, 0.4) is 0 Å². The van der Waals surface area contributed by atoms with Crippen LogP contribution in [-0.4, -0.2) is 77.6 Å². The number of aromatic nitrogens is 2. The standard InChI is InChI=1S/C35H42BrN5O7S2/c1-4-21(2)50(45,46)40-34(44)35-19-22(35)11-9-7-5-6-8-10-12-29(42)41-20-23(17-26(41)32(43)39-35)48-28-18-25(33-37-15-16-49-33)38-31-24(28)13-14-27(47-3)30(31)36/h9,11,13-16,18,21-23,26H,4-8,10,12,17,19-20H2,1-3H3,(H,39,43)(H,40,44)/b11-9-/t21?,22-,23+,26-,35+/m0/s1. The average molecular weight is 789 g/mol. The molecular formula is C35H42BrN5O7S2. The van der Waals surface area contributed by atoms with E-state index >= 15 is 0 Å². The van der Waals surface area contributed by atoms with Gasteiger partial charge in [-0.3, -0.25) is 19.1 Å². The van der Waals surface area contributed by atoms with Crippen molar-refractivity contribution in [3.63, 3.8) is 0 Å². The predicted octanol–water partition coefficient (Wildman–Crippen LogP) is 5.51. The summed E-state index contributed by atoms with van der Waals surface area (Å²) < 4.78 is 40.8. The molecule has 12 nitrogen and oxygen atoms in total. The van der Waals surface area contributed by atoms with Crippen LogP contribution in [0.5, 0.6) is 11.5 Å². The number of thiazole rings is 1. The van der Waals surface area contributed by atoms with E-state index in [-0.39, 0.29) is 37.6 Å². The van der Waals surface area contributed by atoms with Crippen molar-refractivity contribution in [1.29, 1.82) is 0 Å². The molecule has 3 aromatic rings. The first-order chi connectivity index (χ1) is 24.0. The molecule has 6 rings (SSSR count). The van der Waals surface area contributed by atoms with Gasteiger partial charge in [0.2, 0.25) is 21.8 Å². The van der Waals surface area contributed by atoms with Gasteiger partial charge in [0.1, 0.15) is 39.9 Å². The molecule has 1 saturated heterocycles. The number of carbonyl (C=O) groups is 3. The fourth-order valence-electron chi connectivity index (χ4n) is 6.63. The Bertz CT molecular complexity index is 1900. The van der Waals surface area contributed by atoms with Crippen LogP contribution in [0.25, 0.3) is 21.6 Å². The summed E-state index contributed by atoms with van der Waals surface area (Å²) in [5.41, 5.74) is -0.218. The Morgan fingerprint density at radius 1 is 1.22 bits per heavy atom. The van der Waals surface area contributed by atoms with Crippen molar-refractivity contribution in [2.75, 3.05) is 13.7 Å². The molecule has 2 fully saturated rings. The molecule has 268 valence electrons. The van der Waals surface area contributed by atoms with Gasteiger partial charge < -0.3 is 19.7 Å². The predicted molar refractivity (Wildman–Crippen MR) is 194 cm³/mol. The third-order valence-electron chi connectivity index (χ3n) is 9.88. The van der Waals surface area contributed by atoms with Gasteiger partial charge in [0.15, 0.2) is 0 Å². The fraction of sp³-hybridized carbons (Fsp3) is 0.514. The summed E-state index contributed by atoms with van der Waals surface area (Å²) >= 11 is 5.07. The Labute approximate surface area is 304 Å². The summed E-state index contributed by atoms with van der Waals surface area (Å²) in [7, 11) is -2.37. The molecule has 2 aliphatic heterocycles. The van der Waals surface area contributed by atoms with E-state index < -0.39 is 44.8 Å². The van der Waals surface area contributed by atoms with Crippen LogP contribution in [0, 0.1) is 5.92 Å². The highest BCUT2D eigenvalue weighted by Gasteiger charge is 2.61. The molecule has 1 saturated carbocycles. The number of fused-ring (bicyclic) bond motifs is 3. The van der Waals surface area contributed by atoms with Crippen molar-refractivity contribution in [3.8, 4) is 22.2 Å². The number of carbonyl (C=O) groups excluding carboxylic acids is 3. The van der Waals surface area contributed by atoms with E-state index in [9.17, 15) is 22.8 Å². The summed E-state index contributed by atoms with van der Waals surface area (Å²) in [4.78, 5) is 52.4. The summed E-state index contributed by atoms with van der Waals surface area (Å²) in [5.74, 6) is -0.684. The lowest BCUT2D eigenvalue weighted by Gasteiger charge is -2.26. The molecule has 0 radical (unpaired) electrons. The largest absolute Gasteiger partial charge is 0.495 e. The average Bonchev–Trinajstić information content (AvgIpc) is 3.41. The number of pyridine rings is 1. The number of allylic oxidation sites excluding steroid dienone is 1. The number of sulfonamides is 1. The summed E-state index contributed by atoms with van der Waals surface area (Å²) in [5, 5.41) is 5.41. The number of nitrogens with zero attached hydrogens (tertiary/aromatic N) is 3. The third kappa shape index (κ3) is 7.40. The van der Waals surface area contributed by atoms with Crippen LogP contribution >= 0.6 is 27.3 Å². The molecule has 0 spiro atoms. The molecule has 3 aliphatic rings. The molecule has 15 heteroatoms. The number of rotatable bonds is 8. The van der Waals surface area contributed by atoms with Gasteiger partial charge in [-0.25, -0.2) is 18.4 Å². The van der Waals surface area contributed by atoms with E-state index in [1.165, 1.54) is 18.3 Å². The van der Waals surface area contributed by atoms with Crippen LogP contribution in [0.1, 0.15) is 71.6 Å². The highest BCUT2D eigenvalue weighted by molar-refractivity contribution is 9.10. The lowest BCUT2D eigenvalue weighted by Crippen LogP contribution is -2.57. The minimum atomic E-state index is -3.95. The Morgan fingerprint density at radius 2 is 2.02 bits per heavy atom. The zero-order chi connectivity index (χ0) is 35.6. The molecule has 4 heterocycles. The van der Waals surface area contributed by atoms with Gasteiger partial charge in [0.25, 0.3) is 5.91 Å². The van der Waals surface area contributed by atoms with Crippen LogP contribution in [0.4, 0.5) is 0 Å². The van der Waals surface area contributed by atoms with Crippen molar-refractivity contribution < 1.29 is 32.3 Å². The van der Waals surface area contributed by atoms with E-state index in [1.54, 1.807) is 25.1 Å². The van der Waals surface area contributed by atoms with E-state index in [4.69, 9.17) is 14.5 Å². The quantitative estimate of drug-likeness (QED) is 0.281. The lowest BCUT2D eigenvalue weighted by molar-refractivity contribution is -0.139. The molecule has 1 aromatic carbocycles. The van der Waals surface area contributed by atoms with Gasteiger partial charge in [-0.15, -0.1) is 11.3 Å². The smallest absolute Gasteiger partial charge is 0.259 e.